The van der Waals surface area contributed by atoms with Crippen LogP contribution in [-0.4, -0.2) is 10.1 Å². The minimum Gasteiger partial charge on any atom is -0.293 e. The fraction of sp³-hybridized carbons (Fsp3) is 0.250. The Kier molecular flexibility index (Phi) is 7.29. The summed E-state index contributed by atoms with van der Waals surface area (Å²) in [6.45, 7) is 5.94. The zero-order valence-electron chi connectivity index (χ0n) is 17.8. The maximum Gasteiger partial charge on any atom is 0.178 e. The second-order valence-corrected chi connectivity index (χ2v) is 9.99. The van der Waals surface area contributed by atoms with E-state index in [9.17, 15) is 4.79 Å². The van der Waals surface area contributed by atoms with Crippen LogP contribution in [-0.2, 0) is 6.42 Å². The largest absolute Gasteiger partial charge is 0.293 e. The molecule has 0 aliphatic heterocycles. The monoisotopic (exact) mass is 458 g/mol. The maximum atomic E-state index is 12.4. The van der Waals surface area contributed by atoms with E-state index in [0.29, 0.717) is 5.56 Å². The number of benzene rings is 3. The van der Waals surface area contributed by atoms with Gasteiger partial charge in [-0.25, -0.2) is 0 Å². The molecule has 0 atom stereocenters. The van der Waals surface area contributed by atoms with Gasteiger partial charge in [0.05, 0.1) is 4.32 Å². The summed E-state index contributed by atoms with van der Waals surface area (Å²) in [4.78, 5) is 12.4. The second-order valence-electron chi connectivity index (χ2n) is 8.01. The summed E-state index contributed by atoms with van der Waals surface area (Å²) in [7, 11) is 0. The van der Waals surface area contributed by atoms with Gasteiger partial charge in [-0.1, -0.05) is 89.6 Å². The Hall–Kier alpha value is -2.63. The van der Waals surface area contributed by atoms with Gasteiger partial charge in [-0.2, -0.15) is 0 Å². The lowest BCUT2D eigenvalue weighted by Crippen LogP contribution is -2.23. The van der Waals surface area contributed by atoms with E-state index in [1.807, 2.05) is 50.2 Å². The molecule has 2 heteroatoms. The third kappa shape index (κ3) is 5.94. The quantitative estimate of drug-likeness (QED) is 0.213. The van der Waals surface area contributed by atoms with Crippen molar-refractivity contribution in [2.75, 3.05) is 0 Å². The fourth-order valence-electron chi connectivity index (χ4n) is 3.18. The molecule has 0 aliphatic rings. The van der Waals surface area contributed by atoms with Crippen molar-refractivity contribution in [1.29, 1.82) is 0 Å². The van der Waals surface area contributed by atoms with Crippen LogP contribution >= 0.6 is 15.9 Å². The van der Waals surface area contributed by atoms with Crippen LogP contribution in [0.4, 0.5) is 0 Å². The Balaban J connectivity index is 1.68. The summed E-state index contributed by atoms with van der Waals surface area (Å²) in [6.07, 6.45) is 3.58. The third-order valence-corrected chi connectivity index (χ3v) is 5.39. The summed E-state index contributed by atoms with van der Waals surface area (Å²) in [5.41, 5.74) is 6.30. The summed E-state index contributed by atoms with van der Waals surface area (Å²) >= 11 is 3.43. The molecule has 0 fully saturated rings. The molecule has 0 radical (unpaired) electrons. The van der Waals surface area contributed by atoms with Crippen molar-refractivity contribution < 1.29 is 4.79 Å². The highest BCUT2D eigenvalue weighted by molar-refractivity contribution is 9.10. The number of hydrogen-bond donors (Lipinski definition) is 0. The number of hydrogen-bond acceptors (Lipinski definition) is 1. The number of carbonyl (C=O) groups is 1. The van der Waals surface area contributed by atoms with Gasteiger partial charge in [-0.15, -0.1) is 0 Å². The first-order valence-corrected chi connectivity index (χ1v) is 11.2. The molecule has 0 aromatic heterocycles. The minimum absolute atomic E-state index is 0.0815. The molecule has 3 rings (SSSR count). The van der Waals surface area contributed by atoms with Crippen LogP contribution in [0.3, 0.4) is 0 Å². The fourth-order valence-corrected chi connectivity index (χ4v) is 3.41. The van der Waals surface area contributed by atoms with E-state index in [-0.39, 0.29) is 5.78 Å². The molecule has 3 aromatic rings. The van der Waals surface area contributed by atoms with Gasteiger partial charge in [0.25, 0.3) is 0 Å². The molecular formula is C28H27BrO. The van der Waals surface area contributed by atoms with Gasteiger partial charge in [-0.3, -0.25) is 4.79 Å². The molecule has 0 N–H and O–H groups in total. The zero-order valence-corrected chi connectivity index (χ0v) is 19.4. The van der Waals surface area contributed by atoms with Crippen molar-refractivity contribution in [2.45, 2.75) is 44.4 Å². The normalized spacial score (nSPS) is 10.9. The molecule has 3 aromatic carbocycles. The Labute approximate surface area is 188 Å². The van der Waals surface area contributed by atoms with Gasteiger partial charge in [0.2, 0.25) is 0 Å². The topological polar surface area (TPSA) is 17.1 Å². The predicted octanol–water partition coefficient (Wildman–Crippen LogP) is 7.45. The first-order chi connectivity index (χ1) is 14.4. The molecule has 0 aliphatic carbocycles. The Bertz CT molecular complexity index is 1040. The number of ketones is 1. The molecule has 0 saturated heterocycles. The van der Waals surface area contributed by atoms with E-state index in [2.05, 4.69) is 71.1 Å². The van der Waals surface area contributed by atoms with E-state index in [1.165, 1.54) is 18.4 Å². The van der Waals surface area contributed by atoms with Crippen LogP contribution in [0.2, 0.25) is 0 Å². The van der Waals surface area contributed by atoms with Crippen LogP contribution in [0.15, 0.2) is 72.8 Å². The summed E-state index contributed by atoms with van der Waals surface area (Å²) in [5.74, 6) is 6.57. The molecule has 0 heterocycles. The number of Topliss-reactive ketones (excluding diaryl/α,β-unsaturated/α-hetero) is 1. The minimum atomic E-state index is -0.551. The lowest BCUT2D eigenvalue weighted by Gasteiger charge is -2.14. The first-order valence-electron chi connectivity index (χ1n) is 10.4. The SMILES string of the molecule is CCCCc1ccc(C#Cc2ccc(-c3ccc(C(=O)C(C)(C)Br)cc3)cc2)cc1. The number of aryl methyl sites for hydroxylation is 1. The van der Waals surface area contributed by atoms with Crippen molar-refractivity contribution in [3.8, 4) is 23.0 Å². The first kappa shape index (κ1) is 22.1. The van der Waals surface area contributed by atoms with E-state index < -0.39 is 4.32 Å². The van der Waals surface area contributed by atoms with Crippen molar-refractivity contribution in [3.05, 3.63) is 95.1 Å². The van der Waals surface area contributed by atoms with Crippen LogP contribution < -0.4 is 0 Å². The Morgan fingerprint density at radius 1 is 0.800 bits per heavy atom. The lowest BCUT2D eigenvalue weighted by molar-refractivity contribution is 0.0961. The van der Waals surface area contributed by atoms with Crippen LogP contribution in [0.5, 0.6) is 0 Å². The van der Waals surface area contributed by atoms with E-state index in [1.54, 1.807) is 0 Å². The van der Waals surface area contributed by atoms with Crippen molar-refractivity contribution in [3.63, 3.8) is 0 Å². The molecule has 0 spiro atoms. The predicted molar refractivity (Wildman–Crippen MR) is 130 cm³/mol. The second kappa shape index (κ2) is 9.92. The van der Waals surface area contributed by atoms with E-state index >= 15 is 0 Å². The average molecular weight is 459 g/mol. The molecule has 0 saturated carbocycles. The number of unbranched alkanes of at least 4 members (excludes halogenated alkanes) is 1. The van der Waals surface area contributed by atoms with Crippen molar-refractivity contribution in [1.82, 2.24) is 0 Å². The average Bonchev–Trinajstić information content (AvgIpc) is 2.76. The maximum absolute atomic E-state index is 12.4. The van der Waals surface area contributed by atoms with Gasteiger partial charge in [0.1, 0.15) is 0 Å². The Morgan fingerprint density at radius 3 is 1.73 bits per heavy atom. The van der Waals surface area contributed by atoms with Gasteiger partial charge >= 0.3 is 0 Å². The van der Waals surface area contributed by atoms with Gasteiger partial charge < -0.3 is 0 Å². The van der Waals surface area contributed by atoms with Gasteiger partial charge in [0, 0.05) is 16.7 Å². The molecule has 30 heavy (non-hydrogen) atoms. The van der Waals surface area contributed by atoms with Crippen LogP contribution in [0.1, 0.15) is 60.7 Å². The molecule has 0 amide bonds. The standard InChI is InChI=1S/C28H27BrO/c1-4-5-6-21-7-9-22(10-8-21)11-12-23-13-15-24(16-14-23)25-17-19-26(20-18-25)27(30)28(2,3)29/h7-10,13-20H,4-6H2,1-3H3. The molecule has 152 valence electrons. The Morgan fingerprint density at radius 2 is 1.27 bits per heavy atom. The summed E-state index contributed by atoms with van der Waals surface area (Å²) < 4.78 is -0.551. The lowest BCUT2D eigenvalue weighted by atomic mass is 9.97. The number of alkyl halides is 1. The van der Waals surface area contributed by atoms with Crippen molar-refractivity contribution >= 4 is 21.7 Å². The molecule has 0 unspecified atom stereocenters. The van der Waals surface area contributed by atoms with E-state index in [4.69, 9.17) is 0 Å². The summed E-state index contributed by atoms with van der Waals surface area (Å²) in [5, 5.41) is 0. The van der Waals surface area contributed by atoms with Crippen LogP contribution in [0.25, 0.3) is 11.1 Å². The van der Waals surface area contributed by atoms with Gasteiger partial charge in [-0.05, 0) is 67.6 Å². The highest BCUT2D eigenvalue weighted by Crippen LogP contribution is 2.25. The molecule has 0 bridgehead atoms. The van der Waals surface area contributed by atoms with Gasteiger partial charge in [0.15, 0.2) is 5.78 Å². The van der Waals surface area contributed by atoms with Crippen molar-refractivity contribution in [2.24, 2.45) is 0 Å². The zero-order chi connectivity index (χ0) is 21.6. The number of halogens is 1. The highest BCUT2D eigenvalue weighted by Gasteiger charge is 2.24. The van der Waals surface area contributed by atoms with E-state index in [0.717, 1.165) is 28.7 Å². The van der Waals surface area contributed by atoms with Crippen LogP contribution in [0, 0.1) is 11.8 Å². The number of carbonyl (C=O) groups excluding carboxylic acids is 1. The number of rotatable bonds is 6. The molecular weight excluding hydrogens is 432 g/mol. The smallest absolute Gasteiger partial charge is 0.178 e. The summed E-state index contributed by atoms with van der Waals surface area (Å²) in [6, 6.07) is 24.5. The third-order valence-electron chi connectivity index (χ3n) is 5.03. The molecule has 1 nitrogen and oxygen atoms in total. The highest BCUT2D eigenvalue weighted by atomic mass is 79.9.